The van der Waals surface area contributed by atoms with Gasteiger partial charge in [-0.15, -0.1) is 0 Å². The summed E-state index contributed by atoms with van der Waals surface area (Å²) in [4.78, 5) is 24.5. The fourth-order valence-corrected chi connectivity index (χ4v) is 8.75. The van der Waals surface area contributed by atoms with E-state index in [0.29, 0.717) is 25.9 Å². The number of unbranched alkanes of at least 4 members (excludes halogenated alkanes) is 39. The predicted molar refractivity (Wildman–Crippen MR) is 269 cm³/mol. The van der Waals surface area contributed by atoms with Crippen LogP contribution in [0.3, 0.4) is 0 Å². The van der Waals surface area contributed by atoms with E-state index in [1.54, 1.807) is 0 Å². The van der Waals surface area contributed by atoms with Gasteiger partial charge < -0.3 is 20.3 Å². The molecule has 0 saturated carbocycles. The van der Waals surface area contributed by atoms with Crippen LogP contribution in [0.5, 0.6) is 0 Å². The highest BCUT2D eigenvalue weighted by Gasteiger charge is 2.20. The number of carbonyl (C=O) groups is 2. The maximum Gasteiger partial charge on any atom is 0.305 e. The maximum atomic E-state index is 12.5. The third-order valence-corrected chi connectivity index (χ3v) is 13.1. The zero-order chi connectivity index (χ0) is 45.1. The topological polar surface area (TPSA) is 95.9 Å². The molecule has 0 aliphatic rings. The first kappa shape index (κ1) is 60.6. The molecule has 0 fully saturated rings. The molecule has 3 N–H and O–H groups in total. The van der Waals surface area contributed by atoms with E-state index in [1.807, 2.05) is 0 Å². The Hall–Kier alpha value is -1.40. The summed E-state index contributed by atoms with van der Waals surface area (Å²) in [6, 6.07) is -0.562. The first-order valence-electron chi connectivity index (χ1n) is 27.9. The van der Waals surface area contributed by atoms with Crippen molar-refractivity contribution in [3.63, 3.8) is 0 Å². The molecule has 62 heavy (non-hydrogen) atoms. The van der Waals surface area contributed by atoms with Gasteiger partial charge in [0.25, 0.3) is 0 Å². The number of aliphatic hydroxyl groups is 2. The number of rotatable bonds is 52. The SMILES string of the molecule is CCCCCCCC/C=C\CCCCCCCCCC(=O)OCCCCCCCCCCCC(=O)NC(CO)C(O)CCCCCCCCCCCCCCCCCCCCC. The zero-order valence-corrected chi connectivity index (χ0v) is 41.9. The fourth-order valence-electron chi connectivity index (χ4n) is 8.75. The van der Waals surface area contributed by atoms with Crippen molar-refractivity contribution in [1.82, 2.24) is 5.32 Å². The Morgan fingerprint density at radius 3 is 1.15 bits per heavy atom. The largest absolute Gasteiger partial charge is 0.466 e. The van der Waals surface area contributed by atoms with E-state index in [4.69, 9.17) is 4.74 Å². The standard InChI is InChI=1S/C56H109NO5/c1-3-5-7-9-11-13-15-17-19-21-22-24-25-27-29-32-36-40-44-48-54(59)53(52-58)57-55(60)49-45-41-37-33-31-35-39-43-47-51-62-56(61)50-46-42-38-34-30-28-26-23-20-18-16-14-12-10-8-6-4-2/h18,20,53-54,58-59H,3-17,19,21-52H2,1-2H3,(H,57,60)/b20-18-. The van der Waals surface area contributed by atoms with Crippen LogP contribution in [0.4, 0.5) is 0 Å². The smallest absolute Gasteiger partial charge is 0.305 e. The normalized spacial score (nSPS) is 12.6. The van der Waals surface area contributed by atoms with Gasteiger partial charge in [0, 0.05) is 12.8 Å². The lowest BCUT2D eigenvalue weighted by atomic mass is 10.0. The summed E-state index contributed by atoms with van der Waals surface area (Å²) in [5, 5.41) is 23.3. The van der Waals surface area contributed by atoms with Crippen LogP contribution in [0.25, 0.3) is 0 Å². The Morgan fingerprint density at radius 2 is 0.758 bits per heavy atom. The third-order valence-electron chi connectivity index (χ3n) is 13.1. The lowest BCUT2D eigenvalue weighted by Crippen LogP contribution is -2.45. The molecule has 6 heteroatoms. The second-order valence-electron chi connectivity index (χ2n) is 19.3. The highest BCUT2D eigenvalue weighted by Crippen LogP contribution is 2.17. The number of amides is 1. The molecule has 0 bridgehead atoms. The van der Waals surface area contributed by atoms with Gasteiger partial charge in [-0.1, -0.05) is 257 Å². The van der Waals surface area contributed by atoms with Gasteiger partial charge in [-0.25, -0.2) is 0 Å². The average molecular weight is 876 g/mol. The van der Waals surface area contributed by atoms with Gasteiger partial charge in [-0.2, -0.15) is 0 Å². The molecule has 0 aliphatic carbocycles. The maximum absolute atomic E-state index is 12.5. The van der Waals surface area contributed by atoms with Gasteiger partial charge in [0.05, 0.1) is 25.4 Å². The molecule has 0 saturated heterocycles. The Labute approximate surface area is 387 Å². The van der Waals surface area contributed by atoms with Crippen LogP contribution in [0.15, 0.2) is 12.2 Å². The molecule has 6 nitrogen and oxygen atoms in total. The van der Waals surface area contributed by atoms with E-state index in [1.165, 1.54) is 218 Å². The number of hydrogen-bond donors (Lipinski definition) is 3. The Bertz CT molecular complexity index is 924. The van der Waals surface area contributed by atoms with Crippen molar-refractivity contribution < 1.29 is 24.5 Å². The summed E-state index contributed by atoms with van der Waals surface area (Å²) in [5.41, 5.74) is 0. The quantitative estimate of drug-likeness (QED) is 0.0321. The van der Waals surface area contributed by atoms with Crippen LogP contribution in [-0.2, 0) is 14.3 Å². The number of allylic oxidation sites excluding steroid dienone is 2. The number of hydrogen-bond acceptors (Lipinski definition) is 5. The molecule has 2 atom stereocenters. The first-order valence-corrected chi connectivity index (χ1v) is 27.9. The minimum Gasteiger partial charge on any atom is -0.466 e. The first-order chi connectivity index (χ1) is 30.5. The third kappa shape index (κ3) is 48.1. The molecule has 0 aliphatic heterocycles. The molecule has 0 radical (unpaired) electrons. The molecule has 1 amide bonds. The van der Waals surface area contributed by atoms with Crippen LogP contribution in [0.2, 0.25) is 0 Å². The van der Waals surface area contributed by atoms with Crippen molar-refractivity contribution in [2.75, 3.05) is 13.2 Å². The lowest BCUT2D eigenvalue weighted by molar-refractivity contribution is -0.143. The molecule has 0 rings (SSSR count). The van der Waals surface area contributed by atoms with E-state index in [0.717, 1.165) is 57.8 Å². The summed E-state index contributed by atoms with van der Waals surface area (Å²) in [5.74, 6) is -0.0871. The van der Waals surface area contributed by atoms with Crippen molar-refractivity contribution in [2.24, 2.45) is 0 Å². The fraction of sp³-hybridized carbons (Fsp3) is 0.929. The predicted octanol–water partition coefficient (Wildman–Crippen LogP) is 16.9. The average Bonchev–Trinajstić information content (AvgIpc) is 3.27. The summed E-state index contributed by atoms with van der Waals surface area (Å²) >= 11 is 0. The Balaban J connectivity index is 3.47. The van der Waals surface area contributed by atoms with Crippen molar-refractivity contribution in [3.05, 3.63) is 12.2 Å². The molecule has 368 valence electrons. The van der Waals surface area contributed by atoms with E-state index in [-0.39, 0.29) is 18.5 Å². The van der Waals surface area contributed by atoms with Gasteiger partial charge in [0.15, 0.2) is 0 Å². The van der Waals surface area contributed by atoms with E-state index in [2.05, 4.69) is 31.3 Å². The molecular weight excluding hydrogens is 767 g/mol. The summed E-state index contributed by atoms with van der Waals surface area (Å²) in [6.07, 6.45) is 60.4. The van der Waals surface area contributed by atoms with E-state index in [9.17, 15) is 19.8 Å². The molecular formula is C56H109NO5. The number of esters is 1. The molecule has 0 aromatic carbocycles. The van der Waals surface area contributed by atoms with Gasteiger partial charge in [0.2, 0.25) is 5.91 Å². The number of nitrogens with one attached hydrogen (secondary N) is 1. The molecule has 2 unspecified atom stereocenters. The van der Waals surface area contributed by atoms with Crippen LogP contribution >= 0.6 is 0 Å². The number of aliphatic hydroxyl groups excluding tert-OH is 2. The highest BCUT2D eigenvalue weighted by atomic mass is 16.5. The van der Waals surface area contributed by atoms with Gasteiger partial charge in [-0.3, -0.25) is 9.59 Å². The Morgan fingerprint density at radius 1 is 0.435 bits per heavy atom. The zero-order valence-electron chi connectivity index (χ0n) is 41.9. The van der Waals surface area contributed by atoms with Gasteiger partial charge in [0.1, 0.15) is 0 Å². The summed E-state index contributed by atoms with van der Waals surface area (Å²) < 4.78 is 5.46. The second-order valence-corrected chi connectivity index (χ2v) is 19.3. The lowest BCUT2D eigenvalue weighted by Gasteiger charge is -2.22. The summed E-state index contributed by atoms with van der Waals surface area (Å²) in [6.45, 7) is 4.90. The van der Waals surface area contributed by atoms with Crippen molar-refractivity contribution in [3.8, 4) is 0 Å². The summed E-state index contributed by atoms with van der Waals surface area (Å²) in [7, 11) is 0. The van der Waals surface area contributed by atoms with E-state index >= 15 is 0 Å². The highest BCUT2D eigenvalue weighted by molar-refractivity contribution is 5.76. The van der Waals surface area contributed by atoms with Crippen molar-refractivity contribution >= 4 is 11.9 Å². The van der Waals surface area contributed by atoms with Gasteiger partial charge >= 0.3 is 5.97 Å². The van der Waals surface area contributed by atoms with Crippen LogP contribution < -0.4 is 5.32 Å². The minimum absolute atomic E-state index is 0.0273. The minimum atomic E-state index is -0.682. The van der Waals surface area contributed by atoms with E-state index < -0.39 is 12.1 Å². The van der Waals surface area contributed by atoms with Gasteiger partial charge in [-0.05, 0) is 51.4 Å². The monoisotopic (exact) mass is 876 g/mol. The number of ether oxygens (including phenoxy) is 1. The van der Waals surface area contributed by atoms with Crippen molar-refractivity contribution in [2.45, 2.75) is 321 Å². The molecule has 0 heterocycles. The van der Waals surface area contributed by atoms with Crippen LogP contribution in [0, 0.1) is 0 Å². The van der Waals surface area contributed by atoms with Crippen molar-refractivity contribution in [1.29, 1.82) is 0 Å². The Kier molecular flexibility index (Phi) is 51.0. The molecule has 0 spiro atoms. The molecule has 0 aromatic rings. The molecule has 0 aromatic heterocycles. The second kappa shape index (κ2) is 52.2. The number of carbonyl (C=O) groups excluding carboxylic acids is 2. The van der Waals surface area contributed by atoms with Crippen LogP contribution in [-0.4, -0.2) is 47.4 Å². The van der Waals surface area contributed by atoms with Crippen LogP contribution in [0.1, 0.15) is 309 Å².